The Bertz CT molecular complexity index is 2620. The van der Waals surface area contributed by atoms with Crippen molar-refractivity contribution in [2.75, 3.05) is 11.4 Å². The number of rotatable bonds is 8. The molecule has 1 unspecified atom stereocenters. The molecule has 0 aliphatic heterocycles. The molecule has 0 radical (unpaired) electrons. The first-order valence-electron chi connectivity index (χ1n) is 19.1. The smallest absolute Gasteiger partial charge is 0.151 e. The van der Waals surface area contributed by atoms with E-state index in [2.05, 4.69) is 192 Å². The molecule has 0 fully saturated rings. The third-order valence-electron chi connectivity index (χ3n) is 12.2. The molecule has 1 aliphatic rings. The average Bonchev–Trinajstić information content (AvgIpc) is 3.66. The van der Waals surface area contributed by atoms with Crippen molar-refractivity contribution in [1.82, 2.24) is 0 Å². The molecule has 1 aliphatic carbocycles. The lowest BCUT2D eigenvalue weighted by Gasteiger charge is -2.39. The molecule has 1 nitrogen and oxygen atoms in total. The second-order valence-corrected chi connectivity index (χ2v) is 16.3. The first-order valence-corrected chi connectivity index (χ1v) is 19.9. The van der Waals surface area contributed by atoms with Crippen molar-refractivity contribution in [3.8, 4) is 23.5 Å². The van der Waals surface area contributed by atoms with Crippen LogP contribution < -0.4 is 26.8 Å². The standard InChI is InChI=1S/C42H41B10NS/c1-2-26(43)30(21-11-5-3-6-12-21)33(45)27(44)20-53(41-37(49)31(34(46)38(41)50)22-13-7-4-8-14-22)42-39(51)35(47)32(36(48)40(42)52)23-17-18-29-25(19-23)24-15-9-10-16-28(24)54-29/h1,3-19,41H,20,43-52H2/b30-26+,33-27-. The quantitative estimate of drug-likeness (QED) is 0.0977. The molecule has 0 bridgehead atoms. The van der Waals surface area contributed by atoms with Crippen LogP contribution in [0.2, 0.25) is 0 Å². The summed E-state index contributed by atoms with van der Waals surface area (Å²) in [6.45, 7) is 0.765. The van der Waals surface area contributed by atoms with Crippen LogP contribution >= 0.6 is 11.3 Å². The topological polar surface area (TPSA) is 3.24 Å². The first-order chi connectivity index (χ1) is 25.9. The van der Waals surface area contributed by atoms with Crippen LogP contribution in [0.3, 0.4) is 0 Å². The number of allylic oxidation sites excluding steroid dienone is 5. The average molecular weight is 700 g/mol. The Kier molecular flexibility index (Phi) is 10.6. The Morgan fingerprint density at radius 2 is 1.24 bits per heavy atom. The highest BCUT2D eigenvalue weighted by molar-refractivity contribution is 7.25. The number of hydrogen-bond donors (Lipinski definition) is 0. The van der Waals surface area contributed by atoms with E-state index in [0.29, 0.717) is 0 Å². The Balaban J connectivity index is 1.44. The molecule has 0 saturated carbocycles. The molecule has 1 heterocycles. The lowest BCUT2D eigenvalue weighted by Crippen LogP contribution is -2.52. The minimum atomic E-state index is 0.108. The van der Waals surface area contributed by atoms with Gasteiger partial charge in [-0.25, -0.2) is 0 Å². The van der Waals surface area contributed by atoms with Gasteiger partial charge in [0.05, 0.1) is 6.04 Å². The maximum atomic E-state index is 6.10. The number of thiophene rings is 1. The zero-order valence-corrected chi connectivity index (χ0v) is 34.3. The van der Waals surface area contributed by atoms with Gasteiger partial charge in [-0.15, -0.1) is 17.8 Å². The number of terminal acetylenes is 1. The molecule has 5 aromatic carbocycles. The largest absolute Gasteiger partial charge is 0.360 e. The van der Waals surface area contributed by atoms with Crippen molar-refractivity contribution in [3.63, 3.8) is 0 Å². The number of benzene rings is 5. The van der Waals surface area contributed by atoms with E-state index in [1.165, 1.54) is 97.3 Å². The predicted octanol–water partition coefficient (Wildman–Crippen LogP) is -2.38. The van der Waals surface area contributed by atoms with Crippen molar-refractivity contribution < 1.29 is 0 Å². The first kappa shape index (κ1) is 37.6. The minimum absolute atomic E-state index is 0.108. The molecular formula is C42H41B10NS. The van der Waals surface area contributed by atoms with Gasteiger partial charge >= 0.3 is 0 Å². The molecule has 1 atom stereocenters. The van der Waals surface area contributed by atoms with Gasteiger partial charge < -0.3 is 4.90 Å². The van der Waals surface area contributed by atoms with E-state index in [-0.39, 0.29) is 6.04 Å². The Labute approximate surface area is 334 Å². The summed E-state index contributed by atoms with van der Waals surface area (Å²) >= 11 is 1.88. The third-order valence-corrected chi connectivity index (χ3v) is 13.3. The van der Waals surface area contributed by atoms with E-state index in [4.69, 9.17) is 6.42 Å². The van der Waals surface area contributed by atoms with Crippen molar-refractivity contribution in [1.29, 1.82) is 0 Å². The SMILES string of the molecule is BC1=C(B)C(N(C/C(B)=C(B)\C(=C(\B)C#C)c2ccccc2)c2c(B)c(B)c(-c3ccc4sc5ccccc5c4c3)c(B)c2B)C(B)=C1c1ccccc1. The van der Waals surface area contributed by atoms with E-state index in [0.717, 1.165) is 23.2 Å². The van der Waals surface area contributed by atoms with Crippen LogP contribution in [0.15, 0.2) is 136 Å². The Morgan fingerprint density at radius 3 is 1.89 bits per heavy atom. The van der Waals surface area contributed by atoms with Crippen LogP contribution in [0.25, 0.3) is 42.4 Å². The summed E-state index contributed by atoms with van der Waals surface area (Å²) in [5.74, 6) is 2.97. The third kappa shape index (κ3) is 6.46. The van der Waals surface area contributed by atoms with E-state index in [1.54, 1.807) is 0 Å². The predicted molar refractivity (Wildman–Crippen MR) is 269 cm³/mol. The van der Waals surface area contributed by atoms with Gasteiger partial charge in [-0.3, -0.25) is 0 Å². The molecule has 12 heteroatoms. The Hall–Kier alpha value is -4.71. The minimum Gasteiger partial charge on any atom is -0.360 e. The lowest BCUT2D eigenvalue weighted by molar-refractivity contribution is 0.829. The maximum absolute atomic E-state index is 6.10. The van der Waals surface area contributed by atoms with Gasteiger partial charge in [0.1, 0.15) is 70.6 Å². The molecule has 1 aromatic heterocycles. The van der Waals surface area contributed by atoms with Gasteiger partial charge in [0, 0.05) is 32.4 Å². The molecule has 0 saturated heterocycles. The molecule has 0 amide bonds. The molecule has 6 aromatic rings. The van der Waals surface area contributed by atoms with Crippen molar-refractivity contribution in [2.45, 2.75) is 6.04 Å². The number of nitrogens with zero attached hydrogens (tertiary/aromatic N) is 1. The van der Waals surface area contributed by atoms with Gasteiger partial charge in [0.25, 0.3) is 0 Å². The fourth-order valence-electron chi connectivity index (χ4n) is 8.99. The molecular weight excluding hydrogens is 659 g/mol. The van der Waals surface area contributed by atoms with E-state index in [9.17, 15) is 0 Å². The summed E-state index contributed by atoms with van der Waals surface area (Å²) < 4.78 is 2.68. The van der Waals surface area contributed by atoms with Crippen LogP contribution in [-0.4, -0.2) is 91.0 Å². The van der Waals surface area contributed by atoms with E-state index in [1.807, 2.05) is 11.3 Å². The molecule has 7 rings (SSSR count). The molecule has 0 spiro atoms. The highest BCUT2D eigenvalue weighted by Crippen LogP contribution is 2.40. The molecule has 54 heavy (non-hydrogen) atoms. The Morgan fingerprint density at radius 1 is 0.648 bits per heavy atom. The van der Waals surface area contributed by atoms with Gasteiger partial charge in [-0.1, -0.05) is 140 Å². The summed E-state index contributed by atoms with van der Waals surface area (Å²) in [6.07, 6.45) is 6.10. The molecule has 250 valence electrons. The summed E-state index contributed by atoms with van der Waals surface area (Å²) in [4.78, 5) is 2.71. The zero-order chi connectivity index (χ0) is 38.4. The van der Waals surface area contributed by atoms with Gasteiger partial charge in [0.15, 0.2) is 7.85 Å². The van der Waals surface area contributed by atoms with Crippen LogP contribution in [0.4, 0.5) is 5.69 Å². The van der Waals surface area contributed by atoms with Gasteiger partial charge in [-0.2, -0.15) is 0 Å². The van der Waals surface area contributed by atoms with Crippen LogP contribution in [0.1, 0.15) is 11.1 Å². The van der Waals surface area contributed by atoms with Crippen LogP contribution in [-0.2, 0) is 0 Å². The van der Waals surface area contributed by atoms with Crippen LogP contribution in [0, 0.1) is 12.3 Å². The highest BCUT2D eigenvalue weighted by atomic mass is 32.1. The number of anilines is 1. The van der Waals surface area contributed by atoms with Crippen molar-refractivity contribution >= 4 is 149 Å². The summed E-state index contributed by atoms with van der Waals surface area (Å²) in [5.41, 5.74) is 21.9. The highest BCUT2D eigenvalue weighted by Gasteiger charge is 2.34. The van der Waals surface area contributed by atoms with Crippen LogP contribution in [0.5, 0.6) is 0 Å². The second-order valence-electron chi connectivity index (χ2n) is 15.2. The van der Waals surface area contributed by atoms with Gasteiger partial charge in [0.2, 0.25) is 0 Å². The van der Waals surface area contributed by atoms with E-state index >= 15 is 0 Å². The van der Waals surface area contributed by atoms with Crippen molar-refractivity contribution in [3.05, 3.63) is 147 Å². The summed E-state index contributed by atoms with van der Waals surface area (Å²) in [5, 5.41) is 2.67. The van der Waals surface area contributed by atoms with Crippen molar-refractivity contribution in [2.24, 2.45) is 0 Å². The normalized spacial score (nSPS) is 15.4. The van der Waals surface area contributed by atoms with Gasteiger partial charge in [-0.05, 0) is 57.1 Å². The second kappa shape index (κ2) is 15.2. The fourth-order valence-corrected chi connectivity index (χ4v) is 10.1. The fraction of sp³-hybridized carbons (Fsp3) is 0.0476. The number of hydrogen-bond acceptors (Lipinski definition) is 2. The van der Waals surface area contributed by atoms with E-state index < -0.39 is 0 Å². The maximum Gasteiger partial charge on any atom is 0.151 e. The number of fused-ring (bicyclic) bond motifs is 3. The lowest BCUT2D eigenvalue weighted by atomic mass is 9.63. The summed E-state index contributed by atoms with van der Waals surface area (Å²) in [6, 6.07) is 37.5. The summed E-state index contributed by atoms with van der Waals surface area (Å²) in [7, 11) is 23.0. The molecule has 0 N–H and O–H groups in total. The zero-order valence-electron chi connectivity index (χ0n) is 33.5. The monoisotopic (exact) mass is 701 g/mol.